The molecule has 0 atom stereocenters. The van der Waals surface area contributed by atoms with Crippen LogP contribution in [0.3, 0.4) is 0 Å². The third-order valence-corrected chi connectivity index (χ3v) is 5.02. The minimum Gasteiger partial charge on any atom is -0.469 e. The fourth-order valence-corrected chi connectivity index (χ4v) is 3.40. The summed E-state index contributed by atoms with van der Waals surface area (Å²) >= 11 is 0. The summed E-state index contributed by atoms with van der Waals surface area (Å²) in [6, 6.07) is 14.7. The maximum absolute atomic E-state index is 12.9. The number of nitrogens with one attached hydrogen (secondary N) is 1. The highest BCUT2D eigenvalue weighted by molar-refractivity contribution is 5.78. The number of furan rings is 1. The van der Waals surface area contributed by atoms with E-state index in [4.69, 9.17) is 4.42 Å². The monoisotopic (exact) mass is 418 g/mol. The van der Waals surface area contributed by atoms with Crippen molar-refractivity contribution < 1.29 is 9.21 Å². The Morgan fingerprint density at radius 2 is 1.81 bits per heavy atom. The molecule has 8 nitrogen and oxygen atoms in total. The second-order valence-corrected chi connectivity index (χ2v) is 7.29. The lowest BCUT2D eigenvalue weighted by molar-refractivity contribution is -0.121. The molecule has 1 amide bonds. The van der Waals surface area contributed by atoms with Gasteiger partial charge in [0.2, 0.25) is 5.91 Å². The first kappa shape index (κ1) is 20.3. The molecule has 31 heavy (non-hydrogen) atoms. The zero-order valence-electron chi connectivity index (χ0n) is 17.1. The molecule has 0 fully saturated rings. The maximum Gasteiger partial charge on any atom is 0.318 e. The minimum absolute atomic E-state index is 0.220. The molecule has 1 aromatic carbocycles. The van der Waals surface area contributed by atoms with Crippen LogP contribution in [0.1, 0.15) is 16.9 Å². The van der Waals surface area contributed by atoms with Crippen LogP contribution < -0.4 is 16.4 Å². The van der Waals surface area contributed by atoms with Gasteiger partial charge in [0.05, 0.1) is 18.3 Å². The van der Waals surface area contributed by atoms with E-state index in [1.807, 2.05) is 37.3 Å². The van der Waals surface area contributed by atoms with E-state index in [-0.39, 0.29) is 19.0 Å². The molecule has 0 unspecified atom stereocenters. The molecule has 0 aliphatic carbocycles. The summed E-state index contributed by atoms with van der Waals surface area (Å²) in [7, 11) is 0. The average molecular weight is 418 g/mol. The van der Waals surface area contributed by atoms with Gasteiger partial charge in [-0.1, -0.05) is 29.8 Å². The summed E-state index contributed by atoms with van der Waals surface area (Å²) in [5.41, 5.74) is 1.31. The zero-order chi connectivity index (χ0) is 21.8. The molecule has 8 heteroatoms. The van der Waals surface area contributed by atoms with Gasteiger partial charge >= 0.3 is 11.1 Å². The summed E-state index contributed by atoms with van der Waals surface area (Å²) in [5, 5.41) is 2.75. The standard InChI is InChI=1S/C23H22N4O4/c1-16-6-8-17(9-7-16)14-27-21-19(5-2-11-25-21)26(22(29)23(27)30)15-20(28)24-12-10-18-4-3-13-31-18/h2-9,11,13H,10,12,14-15H2,1H3,(H,24,28). The zero-order valence-corrected chi connectivity index (χ0v) is 17.1. The Morgan fingerprint density at radius 1 is 1.03 bits per heavy atom. The van der Waals surface area contributed by atoms with Gasteiger partial charge in [-0.05, 0) is 36.8 Å². The second kappa shape index (κ2) is 8.83. The van der Waals surface area contributed by atoms with Crippen molar-refractivity contribution in [1.82, 2.24) is 19.4 Å². The van der Waals surface area contributed by atoms with E-state index in [2.05, 4.69) is 10.3 Å². The van der Waals surface area contributed by atoms with Crippen LogP contribution in [-0.4, -0.2) is 26.6 Å². The van der Waals surface area contributed by atoms with E-state index in [1.165, 1.54) is 9.13 Å². The molecule has 4 aromatic rings. The molecule has 158 valence electrons. The topological polar surface area (TPSA) is 99.1 Å². The van der Waals surface area contributed by atoms with Crippen LogP contribution in [0.5, 0.6) is 0 Å². The number of benzene rings is 1. The number of pyridine rings is 1. The van der Waals surface area contributed by atoms with Crippen molar-refractivity contribution in [2.24, 2.45) is 0 Å². The molecule has 0 aliphatic heterocycles. The van der Waals surface area contributed by atoms with Crippen LogP contribution in [-0.2, 0) is 24.3 Å². The number of amides is 1. The Bertz CT molecular complexity index is 1320. The Labute approximate surface area is 177 Å². The van der Waals surface area contributed by atoms with Gasteiger partial charge in [0.15, 0.2) is 5.65 Å². The molecule has 3 heterocycles. The van der Waals surface area contributed by atoms with Gasteiger partial charge < -0.3 is 9.73 Å². The Balaban J connectivity index is 1.61. The normalized spacial score (nSPS) is 11.0. The van der Waals surface area contributed by atoms with Crippen LogP contribution >= 0.6 is 0 Å². The van der Waals surface area contributed by atoms with E-state index in [0.29, 0.717) is 24.1 Å². The lowest BCUT2D eigenvalue weighted by Gasteiger charge is -2.14. The highest BCUT2D eigenvalue weighted by atomic mass is 16.3. The van der Waals surface area contributed by atoms with E-state index < -0.39 is 11.1 Å². The first-order chi connectivity index (χ1) is 15.0. The van der Waals surface area contributed by atoms with E-state index in [1.54, 1.807) is 30.7 Å². The van der Waals surface area contributed by atoms with Gasteiger partial charge in [-0.15, -0.1) is 0 Å². The molecule has 0 saturated carbocycles. The molecule has 4 rings (SSSR count). The van der Waals surface area contributed by atoms with Gasteiger partial charge in [-0.2, -0.15) is 0 Å². The van der Waals surface area contributed by atoms with Crippen LogP contribution in [0.2, 0.25) is 0 Å². The molecule has 0 saturated heterocycles. The number of carbonyl (C=O) groups is 1. The van der Waals surface area contributed by atoms with E-state index in [0.717, 1.165) is 16.9 Å². The SMILES string of the molecule is Cc1ccc(Cn2c(=O)c(=O)n(CC(=O)NCCc3ccco3)c3cccnc32)cc1. The molecule has 0 bridgehead atoms. The van der Waals surface area contributed by atoms with Gasteiger partial charge in [0.25, 0.3) is 0 Å². The summed E-state index contributed by atoms with van der Waals surface area (Å²) in [6.45, 7) is 2.30. The lowest BCUT2D eigenvalue weighted by atomic mass is 10.1. The van der Waals surface area contributed by atoms with Crippen molar-refractivity contribution in [2.45, 2.75) is 26.4 Å². The lowest BCUT2D eigenvalue weighted by Crippen LogP contribution is -2.44. The summed E-state index contributed by atoms with van der Waals surface area (Å²) in [6.07, 6.45) is 3.67. The molecular weight excluding hydrogens is 396 g/mol. The van der Waals surface area contributed by atoms with Crippen LogP contribution in [0.4, 0.5) is 0 Å². The summed E-state index contributed by atoms with van der Waals surface area (Å²) in [5.74, 6) is 0.389. The van der Waals surface area contributed by atoms with Crippen LogP contribution in [0.15, 0.2) is 75.0 Å². The third kappa shape index (κ3) is 4.48. The highest BCUT2D eigenvalue weighted by Crippen LogP contribution is 2.11. The van der Waals surface area contributed by atoms with E-state index >= 15 is 0 Å². The Hall–Kier alpha value is -3.94. The Morgan fingerprint density at radius 3 is 2.55 bits per heavy atom. The minimum atomic E-state index is -0.756. The first-order valence-electron chi connectivity index (χ1n) is 9.96. The number of nitrogens with zero attached hydrogens (tertiary/aromatic N) is 3. The fraction of sp³-hybridized carbons (Fsp3) is 0.217. The number of carbonyl (C=O) groups excluding carboxylic acids is 1. The number of aromatic nitrogens is 3. The molecule has 0 aliphatic rings. The number of aryl methyl sites for hydroxylation is 1. The van der Waals surface area contributed by atoms with Crippen molar-refractivity contribution in [2.75, 3.05) is 6.54 Å². The smallest absolute Gasteiger partial charge is 0.318 e. The van der Waals surface area contributed by atoms with Crippen molar-refractivity contribution in [1.29, 1.82) is 0 Å². The number of fused-ring (bicyclic) bond motifs is 1. The molecule has 0 radical (unpaired) electrons. The van der Waals surface area contributed by atoms with Crippen molar-refractivity contribution >= 4 is 17.1 Å². The molecule has 0 spiro atoms. The van der Waals surface area contributed by atoms with E-state index in [9.17, 15) is 14.4 Å². The fourth-order valence-electron chi connectivity index (χ4n) is 3.40. The number of hydrogen-bond acceptors (Lipinski definition) is 5. The predicted octanol–water partition coefficient (Wildman–Crippen LogP) is 1.87. The van der Waals surface area contributed by atoms with Gasteiger partial charge in [-0.3, -0.25) is 23.5 Å². The first-order valence-corrected chi connectivity index (χ1v) is 9.96. The second-order valence-electron chi connectivity index (χ2n) is 7.29. The largest absolute Gasteiger partial charge is 0.469 e. The summed E-state index contributed by atoms with van der Waals surface area (Å²) in [4.78, 5) is 42.5. The van der Waals surface area contributed by atoms with Gasteiger partial charge in [0.1, 0.15) is 12.3 Å². The average Bonchev–Trinajstić information content (AvgIpc) is 3.29. The number of rotatable bonds is 7. The summed E-state index contributed by atoms with van der Waals surface area (Å²) < 4.78 is 7.77. The van der Waals surface area contributed by atoms with Crippen molar-refractivity contribution in [3.05, 3.63) is 98.6 Å². The van der Waals surface area contributed by atoms with Crippen molar-refractivity contribution in [3.8, 4) is 0 Å². The maximum atomic E-state index is 12.9. The molecular formula is C23H22N4O4. The quantitative estimate of drug-likeness (QED) is 0.462. The van der Waals surface area contributed by atoms with Crippen LogP contribution in [0, 0.1) is 6.92 Å². The molecule has 1 N–H and O–H groups in total. The Kier molecular flexibility index (Phi) is 5.79. The van der Waals surface area contributed by atoms with Gasteiger partial charge in [-0.25, -0.2) is 4.98 Å². The molecule has 3 aromatic heterocycles. The third-order valence-electron chi connectivity index (χ3n) is 5.02. The van der Waals surface area contributed by atoms with Crippen molar-refractivity contribution in [3.63, 3.8) is 0 Å². The highest BCUT2D eigenvalue weighted by Gasteiger charge is 2.16. The number of hydrogen-bond donors (Lipinski definition) is 1. The predicted molar refractivity (Wildman–Crippen MR) is 116 cm³/mol. The van der Waals surface area contributed by atoms with Crippen LogP contribution in [0.25, 0.3) is 11.2 Å². The van der Waals surface area contributed by atoms with Gasteiger partial charge in [0, 0.05) is 19.2 Å².